The molecule has 0 aromatic heterocycles. The van der Waals surface area contributed by atoms with Crippen molar-refractivity contribution in [1.82, 2.24) is 10.7 Å². The van der Waals surface area contributed by atoms with E-state index in [0.717, 1.165) is 12.5 Å². The van der Waals surface area contributed by atoms with Gasteiger partial charge in [0.1, 0.15) is 0 Å². The van der Waals surface area contributed by atoms with E-state index in [-0.39, 0.29) is 5.41 Å². The number of nitrogens with two attached hydrogens (primary N) is 1. The summed E-state index contributed by atoms with van der Waals surface area (Å²) in [5.74, 6) is 6.78. The molecular weight excluding hydrogens is 212 g/mol. The topological polar surface area (TPSA) is 62.4 Å². The smallest absolute Gasteiger partial charge is 0.205 e. The van der Waals surface area contributed by atoms with Crippen LogP contribution in [0.4, 0.5) is 0 Å². The second kappa shape index (κ2) is 6.24. The molecule has 1 rings (SSSR count). The summed E-state index contributed by atoms with van der Waals surface area (Å²) in [6.45, 7) is 9.77. The molecule has 100 valence electrons. The van der Waals surface area contributed by atoms with Crippen LogP contribution in [0.5, 0.6) is 0 Å². The summed E-state index contributed by atoms with van der Waals surface area (Å²) in [6.07, 6.45) is 5.09. The predicted octanol–water partition coefficient (Wildman–Crippen LogP) is 2.02. The summed E-state index contributed by atoms with van der Waals surface area (Å²) in [6, 6.07) is 0.551. The molecule has 0 heterocycles. The van der Waals surface area contributed by atoms with Crippen LogP contribution < -0.4 is 16.6 Å². The Kier molecular flexibility index (Phi) is 5.25. The van der Waals surface area contributed by atoms with Gasteiger partial charge in [-0.05, 0) is 24.2 Å². The number of nitrogens with zero attached hydrogens (tertiary/aromatic N) is 1. The van der Waals surface area contributed by atoms with Crippen LogP contribution in [0, 0.1) is 11.3 Å². The van der Waals surface area contributed by atoms with E-state index in [0.29, 0.717) is 12.0 Å². The highest BCUT2D eigenvalue weighted by Crippen LogP contribution is 2.25. The van der Waals surface area contributed by atoms with Crippen LogP contribution in [0.15, 0.2) is 4.99 Å². The maximum atomic E-state index is 5.50. The Morgan fingerprint density at radius 3 is 2.41 bits per heavy atom. The number of nitrogens with one attached hydrogen (secondary N) is 2. The lowest BCUT2D eigenvalue weighted by Crippen LogP contribution is -2.46. The van der Waals surface area contributed by atoms with Gasteiger partial charge in [-0.25, -0.2) is 5.84 Å². The molecule has 17 heavy (non-hydrogen) atoms. The van der Waals surface area contributed by atoms with Crippen molar-refractivity contribution in [1.29, 1.82) is 0 Å². The van der Waals surface area contributed by atoms with E-state index >= 15 is 0 Å². The van der Waals surface area contributed by atoms with Crippen molar-refractivity contribution in [3.63, 3.8) is 0 Å². The molecule has 0 aromatic carbocycles. The second-order valence-corrected chi connectivity index (χ2v) is 6.23. The van der Waals surface area contributed by atoms with Gasteiger partial charge in [0.05, 0.1) is 0 Å². The SMILES string of the molecule is CC(CN=C(NN)NC1CCCC1)C(C)(C)C. The minimum atomic E-state index is 0.288. The number of hydrogen-bond acceptors (Lipinski definition) is 2. The highest BCUT2D eigenvalue weighted by Gasteiger charge is 2.20. The zero-order valence-corrected chi connectivity index (χ0v) is 11.7. The molecule has 4 nitrogen and oxygen atoms in total. The molecule has 1 aliphatic rings. The first-order chi connectivity index (χ1) is 7.93. The number of hydrazine groups is 1. The van der Waals surface area contributed by atoms with Gasteiger partial charge in [0.25, 0.3) is 0 Å². The normalized spacial score (nSPS) is 20.4. The summed E-state index contributed by atoms with van der Waals surface area (Å²) in [4.78, 5) is 4.54. The van der Waals surface area contributed by atoms with E-state index in [1.54, 1.807) is 0 Å². The van der Waals surface area contributed by atoms with Crippen molar-refractivity contribution in [2.45, 2.75) is 59.4 Å². The van der Waals surface area contributed by atoms with Crippen LogP contribution in [0.2, 0.25) is 0 Å². The lowest BCUT2D eigenvalue weighted by molar-refractivity contribution is 0.269. The van der Waals surface area contributed by atoms with E-state index in [1.807, 2.05) is 0 Å². The van der Waals surface area contributed by atoms with Crippen molar-refractivity contribution in [3.8, 4) is 0 Å². The summed E-state index contributed by atoms with van der Waals surface area (Å²) in [7, 11) is 0. The van der Waals surface area contributed by atoms with Crippen LogP contribution >= 0.6 is 0 Å². The lowest BCUT2D eigenvalue weighted by Gasteiger charge is -2.26. The van der Waals surface area contributed by atoms with Crippen molar-refractivity contribution < 1.29 is 0 Å². The molecule has 0 radical (unpaired) electrons. The molecule has 1 fully saturated rings. The molecular formula is C13H28N4. The predicted molar refractivity (Wildman–Crippen MR) is 73.6 cm³/mol. The fourth-order valence-electron chi connectivity index (χ4n) is 1.90. The van der Waals surface area contributed by atoms with Gasteiger partial charge in [-0.15, -0.1) is 0 Å². The third-order valence-corrected chi connectivity index (χ3v) is 3.83. The fourth-order valence-corrected chi connectivity index (χ4v) is 1.90. The maximum absolute atomic E-state index is 5.50. The Labute approximate surface area is 105 Å². The summed E-state index contributed by atoms with van der Waals surface area (Å²) in [5, 5.41) is 3.39. The second-order valence-electron chi connectivity index (χ2n) is 6.23. The molecule has 0 bridgehead atoms. The Balaban J connectivity index is 2.43. The minimum Gasteiger partial charge on any atom is -0.353 e. The van der Waals surface area contributed by atoms with Gasteiger partial charge in [0.15, 0.2) is 0 Å². The van der Waals surface area contributed by atoms with Crippen molar-refractivity contribution in [3.05, 3.63) is 0 Å². The van der Waals surface area contributed by atoms with E-state index in [4.69, 9.17) is 5.84 Å². The Bertz CT molecular complexity index is 249. The molecule has 4 N–H and O–H groups in total. The first kappa shape index (κ1) is 14.3. The van der Waals surface area contributed by atoms with E-state index in [2.05, 4.69) is 43.4 Å². The summed E-state index contributed by atoms with van der Waals surface area (Å²) >= 11 is 0. The van der Waals surface area contributed by atoms with Gasteiger partial charge < -0.3 is 5.32 Å². The van der Waals surface area contributed by atoms with E-state index in [9.17, 15) is 0 Å². The molecule has 4 heteroatoms. The zero-order valence-electron chi connectivity index (χ0n) is 11.7. The Hall–Kier alpha value is -0.770. The quantitative estimate of drug-likeness (QED) is 0.306. The van der Waals surface area contributed by atoms with Gasteiger partial charge in [0.2, 0.25) is 5.96 Å². The molecule has 0 saturated heterocycles. The number of aliphatic imine (C=N–C) groups is 1. The molecule has 1 saturated carbocycles. The molecule has 0 aromatic rings. The lowest BCUT2D eigenvalue weighted by atomic mass is 9.82. The fraction of sp³-hybridized carbons (Fsp3) is 0.923. The van der Waals surface area contributed by atoms with Crippen LogP contribution in [0.3, 0.4) is 0 Å². The monoisotopic (exact) mass is 240 g/mol. The van der Waals surface area contributed by atoms with Gasteiger partial charge in [-0.1, -0.05) is 40.5 Å². The molecule has 0 aliphatic heterocycles. The molecule has 0 amide bonds. The van der Waals surface area contributed by atoms with Crippen molar-refractivity contribution in [2.24, 2.45) is 22.2 Å². The van der Waals surface area contributed by atoms with Gasteiger partial charge in [0, 0.05) is 12.6 Å². The first-order valence-corrected chi connectivity index (χ1v) is 6.71. The van der Waals surface area contributed by atoms with Crippen molar-refractivity contribution in [2.75, 3.05) is 6.54 Å². The minimum absolute atomic E-state index is 0.288. The summed E-state index contributed by atoms with van der Waals surface area (Å²) in [5.41, 5.74) is 2.96. The molecule has 1 atom stereocenters. The number of hydrogen-bond donors (Lipinski definition) is 3. The average molecular weight is 240 g/mol. The number of rotatable bonds is 3. The summed E-state index contributed by atoms with van der Waals surface area (Å²) < 4.78 is 0. The van der Waals surface area contributed by atoms with Gasteiger partial charge >= 0.3 is 0 Å². The molecule has 1 unspecified atom stereocenters. The Morgan fingerprint density at radius 1 is 1.35 bits per heavy atom. The molecule has 0 spiro atoms. The standard InChI is InChI=1S/C13H28N4/c1-10(13(2,3)4)9-15-12(17-14)16-11-7-5-6-8-11/h10-11H,5-9,14H2,1-4H3,(H2,15,16,17). The van der Waals surface area contributed by atoms with Crippen LogP contribution in [0.25, 0.3) is 0 Å². The van der Waals surface area contributed by atoms with E-state index < -0.39 is 0 Å². The van der Waals surface area contributed by atoms with Crippen LogP contribution in [-0.4, -0.2) is 18.5 Å². The molecule has 1 aliphatic carbocycles. The maximum Gasteiger partial charge on any atom is 0.205 e. The largest absolute Gasteiger partial charge is 0.353 e. The van der Waals surface area contributed by atoms with E-state index in [1.165, 1.54) is 25.7 Å². The van der Waals surface area contributed by atoms with Crippen LogP contribution in [0.1, 0.15) is 53.4 Å². The van der Waals surface area contributed by atoms with Crippen molar-refractivity contribution >= 4 is 5.96 Å². The van der Waals surface area contributed by atoms with Gasteiger partial charge in [-0.2, -0.15) is 0 Å². The average Bonchev–Trinajstić information content (AvgIpc) is 2.74. The first-order valence-electron chi connectivity index (χ1n) is 6.71. The third kappa shape index (κ3) is 4.94. The van der Waals surface area contributed by atoms with Crippen LogP contribution in [-0.2, 0) is 0 Å². The van der Waals surface area contributed by atoms with Gasteiger partial charge in [-0.3, -0.25) is 10.4 Å². The Morgan fingerprint density at radius 2 is 1.94 bits per heavy atom. The highest BCUT2D eigenvalue weighted by atomic mass is 15.3. The third-order valence-electron chi connectivity index (χ3n) is 3.83. The number of guanidine groups is 1. The highest BCUT2D eigenvalue weighted by molar-refractivity contribution is 5.79. The zero-order chi connectivity index (χ0) is 12.9.